The number of carboxylic acids is 2. The van der Waals surface area contributed by atoms with Crippen LogP contribution in [-0.2, 0) is 9.59 Å². The standard InChI is InChI=1S/C10H22O2.2C2H4O2S.2Na/c1-5-9(11,6-2)10(12,7-3)8-4;2*3-2(4)1-5;;/h11-12H,5-8H2,1-4H3;2*5H,1H2,(H,3,4);;/q;;;2*+1/p-2. The van der Waals surface area contributed by atoms with E-state index in [2.05, 4.69) is 25.3 Å². The third kappa shape index (κ3) is 17.0. The van der Waals surface area contributed by atoms with Crippen molar-refractivity contribution >= 4 is 37.2 Å². The zero-order valence-corrected chi connectivity index (χ0v) is 21.5. The summed E-state index contributed by atoms with van der Waals surface area (Å²) in [4.78, 5) is 18.4. The largest absolute Gasteiger partial charge is 1.00 e. The first-order chi connectivity index (χ1) is 10.0. The minimum atomic E-state index is -1.13. The monoisotopic (exact) mass is 402 g/mol. The minimum absolute atomic E-state index is 0. The van der Waals surface area contributed by atoms with Crippen LogP contribution in [0.1, 0.15) is 53.4 Å². The van der Waals surface area contributed by atoms with Gasteiger partial charge >= 0.3 is 59.1 Å². The van der Waals surface area contributed by atoms with E-state index in [1.165, 1.54) is 0 Å². The van der Waals surface area contributed by atoms with Crippen molar-refractivity contribution in [1.29, 1.82) is 0 Å². The Morgan fingerprint density at radius 3 is 0.917 bits per heavy atom. The SMILES string of the molecule is CCC(O)(CC)C(O)(CC)CC.O=C([O-])CS.O=C([O-])CS.[Na+].[Na+]. The van der Waals surface area contributed by atoms with Crippen LogP contribution in [-0.4, -0.2) is 44.9 Å². The summed E-state index contributed by atoms with van der Waals surface area (Å²) in [5, 5.41) is 38.6. The fourth-order valence-electron chi connectivity index (χ4n) is 1.82. The van der Waals surface area contributed by atoms with Crippen LogP contribution >= 0.6 is 25.3 Å². The number of carbonyl (C=O) groups excluding carboxylic acids is 2. The Balaban J connectivity index is -0.0000000847. The molecule has 0 unspecified atom stereocenters. The normalized spacial score (nSPS) is 9.83. The summed E-state index contributed by atoms with van der Waals surface area (Å²) in [5.41, 5.74) is -1.81. The van der Waals surface area contributed by atoms with Gasteiger partial charge in [0.15, 0.2) is 0 Å². The molecule has 0 aromatic rings. The van der Waals surface area contributed by atoms with Crippen LogP contribution in [0, 0.1) is 0 Å². The summed E-state index contributed by atoms with van der Waals surface area (Å²) in [7, 11) is 0. The molecule has 0 spiro atoms. The van der Waals surface area contributed by atoms with Gasteiger partial charge in [-0.25, -0.2) is 0 Å². The Morgan fingerprint density at radius 2 is 0.875 bits per heavy atom. The Hall–Kier alpha value is 1.56. The van der Waals surface area contributed by atoms with Crippen LogP contribution in [0.2, 0.25) is 0 Å². The maximum atomic E-state index is 10.1. The number of aliphatic hydroxyl groups is 2. The van der Waals surface area contributed by atoms with Gasteiger partial charge < -0.3 is 30.0 Å². The predicted octanol–water partition coefficient (Wildman–Crippen LogP) is -6.57. The number of carboxylic acid groups (broad SMARTS) is 2. The molecule has 6 nitrogen and oxygen atoms in total. The van der Waals surface area contributed by atoms with E-state index in [-0.39, 0.29) is 70.6 Å². The second-order valence-electron chi connectivity index (χ2n) is 4.54. The van der Waals surface area contributed by atoms with Gasteiger partial charge in [0.25, 0.3) is 0 Å². The molecule has 0 atom stereocenters. The van der Waals surface area contributed by atoms with Gasteiger partial charge in [-0.15, -0.1) is 0 Å². The first-order valence-corrected chi connectivity index (χ1v) is 8.36. The van der Waals surface area contributed by atoms with Crippen molar-refractivity contribution in [2.75, 3.05) is 11.5 Å². The van der Waals surface area contributed by atoms with Gasteiger partial charge in [0.1, 0.15) is 0 Å². The molecule has 0 saturated carbocycles. The molecule has 0 aliphatic heterocycles. The van der Waals surface area contributed by atoms with Gasteiger partial charge in [-0.3, -0.25) is 0 Å². The Kier molecular flexibility index (Phi) is 31.7. The predicted molar refractivity (Wildman–Crippen MR) is 88.8 cm³/mol. The van der Waals surface area contributed by atoms with Crippen molar-refractivity contribution in [3.05, 3.63) is 0 Å². The average Bonchev–Trinajstić information content (AvgIpc) is 2.53. The van der Waals surface area contributed by atoms with E-state index in [4.69, 9.17) is 0 Å². The summed E-state index contributed by atoms with van der Waals surface area (Å²) in [5.74, 6) is -2.65. The van der Waals surface area contributed by atoms with Crippen molar-refractivity contribution in [3.63, 3.8) is 0 Å². The first kappa shape index (κ1) is 36.5. The number of hydrogen-bond donors (Lipinski definition) is 4. The van der Waals surface area contributed by atoms with Crippen molar-refractivity contribution in [1.82, 2.24) is 0 Å². The zero-order valence-electron chi connectivity index (χ0n) is 15.7. The fraction of sp³-hybridized carbons (Fsp3) is 0.857. The van der Waals surface area contributed by atoms with E-state index in [9.17, 15) is 30.0 Å². The second kappa shape index (κ2) is 20.9. The Bertz CT molecular complexity index is 282. The smallest absolute Gasteiger partial charge is 0.549 e. The van der Waals surface area contributed by atoms with Crippen molar-refractivity contribution in [3.8, 4) is 0 Å². The fourth-order valence-corrected chi connectivity index (χ4v) is 1.82. The molecule has 0 heterocycles. The minimum Gasteiger partial charge on any atom is -0.549 e. The quantitative estimate of drug-likeness (QED) is 0.248. The summed E-state index contributed by atoms with van der Waals surface area (Å²) >= 11 is 6.71. The molecule has 2 N–H and O–H groups in total. The number of carbonyl (C=O) groups is 2. The molecule has 24 heavy (non-hydrogen) atoms. The topological polar surface area (TPSA) is 121 Å². The van der Waals surface area contributed by atoms with E-state index in [1.807, 2.05) is 27.7 Å². The van der Waals surface area contributed by atoms with Gasteiger partial charge in [0.05, 0.1) is 23.1 Å². The van der Waals surface area contributed by atoms with E-state index in [1.54, 1.807) is 0 Å². The molecule has 0 amide bonds. The maximum Gasteiger partial charge on any atom is 1.00 e. The van der Waals surface area contributed by atoms with E-state index >= 15 is 0 Å². The average molecular weight is 402 g/mol. The molecule has 0 aliphatic rings. The van der Waals surface area contributed by atoms with Crippen molar-refractivity contribution < 1.29 is 89.1 Å². The molecule has 10 heteroatoms. The number of hydrogen-bond acceptors (Lipinski definition) is 8. The van der Waals surface area contributed by atoms with Crippen molar-refractivity contribution in [2.45, 2.75) is 64.6 Å². The summed E-state index contributed by atoms with van der Waals surface area (Å²) < 4.78 is 0. The van der Waals surface area contributed by atoms with E-state index < -0.39 is 23.1 Å². The molecule has 0 fully saturated rings. The van der Waals surface area contributed by atoms with Crippen LogP contribution in [0.5, 0.6) is 0 Å². The zero-order chi connectivity index (χ0) is 18.4. The molecule has 0 aromatic heterocycles. The van der Waals surface area contributed by atoms with Crippen LogP contribution in [0.4, 0.5) is 0 Å². The molecule has 0 aliphatic carbocycles. The molecule has 0 bridgehead atoms. The van der Waals surface area contributed by atoms with Gasteiger partial charge in [0, 0.05) is 11.5 Å². The van der Waals surface area contributed by atoms with Crippen LogP contribution in [0.25, 0.3) is 0 Å². The number of rotatable bonds is 7. The van der Waals surface area contributed by atoms with Crippen molar-refractivity contribution in [2.24, 2.45) is 0 Å². The Labute approximate surface area is 200 Å². The third-order valence-electron chi connectivity index (χ3n) is 3.46. The van der Waals surface area contributed by atoms with Gasteiger partial charge in [-0.05, 0) is 25.7 Å². The van der Waals surface area contributed by atoms with Gasteiger partial charge in [0.2, 0.25) is 0 Å². The summed E-state index contributed by atoms with van der Waals surface area (Å²) in [6.07, 6.45) is 2.45. The summed E-state index contributed by atoms with van der Waals surface area (Å²) in [6, 6.07) is 0. The van der Waals surface area contributed by atoms with Crippen LogP contribution < -0.4 is 69.3 Å². The molecule has 0 aromatic carbocycles. The van der Waals surface area contributed by atoms with Crippen LogP contribution in [0.15, 0.2) is 0 Å². The van der Waals surface area contributed by atoms with Crippen LogP contribution in [0.3, 0.4) is 0 Å². The number of aliphatic carboxylic acids is 2. The molecule has 134 valence electrons. The van der Waals surface area contributed by atoms with Gasteiger partial charge in [-0.1, -0.05) is 27.7 Å². The van der Waals surface area contributed by atoms with E-state index in [0.29, 0.717) is 25.7 Å². The second-order valence-corrected chi connectivity index (χ2v) is 5.17. The first-order valence-electron chi connectivity index (χ1n) is 7.10. The molecular weight excluding hydrogens is 374 g/mol. The Morgan fingerprint density at radius 1 is 0.750 bits per heavy atom. The van der Waals surface area contributed by atoms with E-state index in [0.717, 1.165) is 0 Å². The molecular formula is C14H28Na2O6S2. The third-order valence-corrected chi connectivity index (χ3v) is 3.98. The molecule has 0 radical (unpaired) electrons. The molecule has 0 rings (SSSR count). The summed E-state index contributed by atoms with van der Waals surface area (Å²) in [6.45, 7) is 7.67. The molecule has 0 saturated heterocycles. The maximum absolute atomic E-state index is 10.1. The number of thiol groups is 2. The van der Waals surface area contributed by atoms with Gasteiger partial charge in [-0.2, -0.15) is 25.3 Å².